The van der Waals surface area contributed by atoms with Gasteiger partial charge in [0.05, 0.1) is 16.7 Å². The minimum atomic E-state index is -0.415. The Morgan fingerprint density at radius 1 is 1.06 bits per heavy atom. The number of carbonyl (C=O) groups excluding carboxylic acids is 2. The van der Waals surface area contributed by atoms with Crippen LogP contribution in [0.1, 0.15) is 17.5 Å². The smallest absolute Gasteiger partial charge is 0.259 e. The number of hydrogen-bond acceptors (Lipinski definition) is 4. The molecule has 1 aliphatic heterocycles. The van der Waals surface area contributed by atoms with E-state index in [9.17, 15) is 9.59 Å². The molecule has 33 heavy (non-hydrogen) atoms. The molecule has 0 fully saturated rings. The van der Waals surface area contributed by atoms with Gasteiger partial charge < -0.3 is 15.3 Å². The molecular weight excluding hydrogens is 458 g/mol. The Balaban J connectivity index is 1.67. The number of imide groups is 1. The Labute approximate surface area is 198 Å². The highest BCUT2D eigenvalue weighted by Gasteiger charge is 2.35. The molecule has 7 nitrogen and oxygen atoms in total. The number of nitrogens with one attached hydrogen (secondary N) is 3. The number of amides is 2. The number of thioether (sulfide) groups is 1. The molecule has 5 rings (SSSR count). The zero-order chi connectivity index (χ0) is 23.1. The first-order chi connectivity index (χ1) is 15.9. The van der Waals surface area contributed by atoms with Crippen LogP contribution in [0.15, 0.2) is 54.9 Å². The van der Waals surface area contributed by atoms with Crippen LogP contribution in [-0.2, 0) is 16.1 Å². The van der Waals surface area contributed by atoms with Crippen molar-refractivity contribution in [3.05, 3.63) is 71.0 Å². The molecule has 3 heterocycles. The van der Waals surface area contributed by atoms with Crippen LogP contribution in [0.4, 0.5) is 0 Å². The molecule has 166 valence electrons. The second kappa shape index (κ2) is 8.46. The fourth-order valence-corrected chi connectivity index (χ4v) is 4.97. The van der Waals surface area contributed by atoms with Crippen LogP contribution in [0.5, 0.6) is 0 Å². The van der Waals surface area contributed by atoms with E-state index in [-0.39, 0.29) is 5.17 Å². The van der Waals surface area contributed by atoms with Crippen molar-refractivity contribution in [2.24, 2.45) is 5.73 Å². The number of aryl methyl sites for hydroxylation is 1. The predicted octanol–water partition coefficient (Wildman–Crippen LogP) is 4.36. The molecule has 0 radical (unpaired) electrons. The third-order valence-corrected chi connectivity index (χ3v) is 6.74. The third kappa shape index (κ3) is 3.81. The number of benzene rings is 2. The van der Waals surface area contributed by atoms with Crippen LogP contribution in [0.25, 0.3) is 33.0 Å². The molecule has 9 heteroatoms. The van der Waals surface area contributed by atoms with Gasteiger partial charge in [0.25, 0.3) is 11.8 Å². The molecule has 0 bridgehead atoms. The second-order valence-corrected chi connectivity index (χ2v) is 9.32. The molecule has 0 atom stereocenters. The first-order valence-electron chi connectivity index (χ1n) is 10.4. The second-order valence-electron chi connectivity index (χ2n) is 7.75. The monoisotopic (exact) mass is 477 g/mol. The highest BCUT2D eigenvalue weighted by molar-refractivity contribution is 8.13. The SMILES string of the molecule is N=C(N)SCCCn1cc(C2=C(c3c[nH]c4ccccc34)C(=O)NC2=O)c2ccc(Cl)cc21. The summed E-state index contributed by atoms with van der Waals surface area (Å²) in [5.74, 6) is -0.124. The van der Waals surface area contributed by atoms with Gasteiger partial charge in [-0.3, -0.25) is 20.3 Å². The first-order valence-corrected chi connectivity index (χ1v) is 11.7. The topological polar surface area (TPSA) is 117 Å². The molecule has 5 N–H and O–H groups in total. The zero-order valence-corrected chi connectivity index (χ0v) is 19.0. The standard InChI is InChI=1S/C24H20ClN5O2S/c25-13-6-7-15-17(12-30(19(15)10-13)8-3-9-33-24(26)27)21-20(22(31)29-23(21)32)16-11-28-18-5-2-1-4-14(16)18/h1-2,4-7,10-12,28H,3,8-9H2,(H3,26,27)(H,29,31,32). The summed E-state index contributed by atoms with van der Waals surface area (Å²) in [4.78, 5) is 29.1. The largest absolute Gasteiger partial charge is 0.379 e. The molecule has 4 aromatic rings. The van der Waals surface area contributed by atoms with E-state index >= 15 is 0 Å². The Kier molecular flexibility index (Phi) is 5.47. The number of amidine groups is 1. The van der Waals surface area contributed by atoms with Crippen LogP contribution in [0.3, 0.4) is 0 Å². The summed E-state index contributed by atoms with van der Waals surface area (Å²) in [6.07, 6.45) is 4.45. The van der Waals surface area contributed by atoms with Crippen LogP contribution < -0.4 is 11.1 Å². The van der Waals surface area contributed by atoms with Crippen LogP contribution >= 0.6 is 23.4 Å². The van der Waals surface area contributed by atoms with Gasteiger partial charge in [-0.25, -0.2) is 0 Å². The quantitative estimate of drug-likeness (QED) is 0.143. The number of hydrogen-bond donors (Lipinski definition) is 4. The maximum Gasteiger partial charge on any atom is 0.259 e. The average Bonchev–Trinajstić information content (AvgIpc) is 3.44. The Hall–Kier alpha value is -3.49. The van der Waals surface area contributed by atoms with Crippen molar-refractivity contribution in [1.82, 2.24) is 14.9 Å². The highest BCUT2D eigenvalue weighted by atomic mass is 35.5. The van der Waals surface area contributed by atoms with Crippen molar-refractivity contribution in [1.29, 1.82) is 5.41 Å². The summed E-state index contributed by atoms with van der Waals surface area (Å²) in [5.41, 5.74) is 9.30. The van der Waals surface area contributed by atoms with Crippen LogP contribution in [0, 0.1) is 5.41 Å². The maximum atomic E-state index is 13.0. The van der Waals surface area contributed by atoms with Gasteiger partial charge >= 0.3 is 0 Å². The minimum absolute atomic E-state index is 0.0887. The summed E-state index contributed by atoms with van der Waals surface area (Å²) in [5, 5.41) is 12.2. The lowest BCUT2D eigenvalue weighted by Crippen LogP contribution is -2.22. The number of carbonyl (C=O) groups is 2. The number of para-hydroxylation sites is 1. The Bertz CT molecular complexity index is 1480. The normalized spacial score (nSPS) is 14.0. The van der Waals surface area contributed by atoms with E-state index < -0.39 is 11.8 Å². The third-order valence-electron chi connectivity index (χ3n) is 5.70. The molecule has 2 aromatic carbocycles. The van der Waals surface area contributed by atoms with Gasteiger partial charge in [-0.2, -0.15) is 0 Å². The van der Waals surface area contributed by atoms with E-state index in [0.717, 1.165) is 28.2 Å². The molecule has 0 saturated carbocycles. The van der Waals surface area contributed by atoms with Gasteiger partial charge in [0.1, 0.15) is 0 Å². The fraction of sp³-hybridized carbons (Fsp3) is 0.125. The van der Waals surface area contributed by atoms with Crippen molar-refractivity contribution >= 4 is 73.3 Å². The highest BCUT2D eigenvalue weighted by Crippen LogP contribution is 2.38. The molecule has 2 amide bonds. The molecule has 1 aliphatic rings. The predicted molar refractivity (Wildman–Crippen MR) is 134 cm³/mol. The average molecular weight is 478 g/mol. The number of nitrogens with zero attached hydrogens (tertiary/aromatic N) is 1. The summed E-state index contributed by atoms with van der Waals surface area (Å²) in [6, 6.07) is 13.2. The summed E-state index contributed by atoms with van der Waals surface area (Å²) in [7, 11) is 0. The fourth-order valence-electron chi connectivity index (χ4n) is 4.31. The number of fused-ring (bicyclic) bond motifs is 2. The van der Waals surface area contributed by atoms with Gasteiger partial charge in [0.15, 0.2) is 5.17 Å². The van der Waals surface area contributed by atoms with E-state index in [1.54, 1.807) is 12.3 Å². The lowest BCUT2D eigenvalue weighted by molar-refractivity contribution is -0.122. The lowest BCUT2D eigenvalue weighted by Gasteiger charge is -2.05. The van der Waals surface area contributed by atoms with Crippen molar-refractivity contribution in [2.75, 3.05) is 5.75 Å². The van der Waals surface area contributed by atoms with Crippen LogP contribution in [0.2, 0.25) is 5.02 Å². The lowest BCUT2D eigenvalue weighted by atomic mass is 9.95. The molecule has 0 spiro atoms. The molecule has 2 aromatic heterocycles. The minimum Gasteiger partial charge on any atom is -0.379 e. The summed E-state index contributed by atoms with van der Waals surface area (Å²) in [6.45, 7) is 0.655. The van der Waals surface area contributed by atoms with E-state index in [2.05, 4.69) is 10.3 Å². The van der Waals surface area contributed by atoms with E-state index in [0.29, 0.717) is 39.6 Å². The molecule has 0 unspecified atom stereocenters. The van der Waals surface area contributed by atoms with Gasteiger partial charge in [0, 0.05) is 57.1 Å². The number of halogens is 1. The van der Waals surface area contributed by atoms with Crippen molar-refractivity contribution in [3.8, 4) is 0 Å². The van der Waals surface area contributed by atoms with Crippen molar-refractivity contribution in [2.45, 2.75) is 13.0 Å². The van der Waals surface area contributed by atoms with Gasteiger partial charge in [0.2, 0.25) is 0 Å². The Morgan fingerprint density at radius 2 is 1.82 bits per heavy atom. The van der Waals surface area contributed by atoms with Gasteiger partial charge in [-0.05, 0) is 24.6 Å². The van der Waals surface area contributed by atoms with Crippen molar-refractivity contribution in [3.63, 3.8) is 0 Å². The number of nitrogens with two attached hydrogens (primary N) is 1. The zero-order valence-electron chi connectivity index (χ0n) is 17.4. The van der Waals surface area contributed by atoms with Gasteiger partial charge in [-0.1, -0.05) is 47.6 Å². The molecular formula is C24H20ClN5O2S. The first kappa shape index (κ1) is 21.4. The number of rotatable bonds is 6. The summed E-state index contributed by atoms with van der Waals surface area (Å²) >= 11 is 7.57. The van der Waals surface area contributed by atoms with Gasteiger partial charge in [-0.15, -0.1) is 0 Å². The number of H-pyrrole nitrogens is 1. The summed E-state index contributed by atoms with van der Waals surface area (Å²) < 4.78 is 2.03. The number of aromatic nitrogens is 2. The maximum absolute atomic E-state index is 13.0. The molecule has 0 aliphatic carbocycles. The van der Waals surface area contributed by atoms with Crippen LogP contribution in [-0.4, -0.2) is 32.3 Å². The van der Waals surface area contributed by atoms with Crippen molar-refractivity contribution < 1.29 is 9.59 Å². The molecule has 0 saturated heterocycles. The van der Waals surface area contributed by atoms with E-state index in [1.165, 1.54) is 11.8 Å². The van der Waals surface area contributed by atoms with E-state index in [4.69, 9.17) is 22.7 Å². The van der Waals surface area contributed by atoms with E-state index in [1.807, 2.05) is 47.2 Å². The Morgan fingerprint density at radius 3 is 2.61 bits per heavy atom. The number of aromatic amines is 1.